The summed E-state index contributed by atoms with van der Waals surface area (Å²) >= 11 is 0. The fraction of sp³-hybridized carbons (Fsp3) is 0.172. The van der Waals surface area contributed by atoms with E-state index in [0.717, 1.165) is 37.0 Å². The molecule has 0 saturated carbocycles. The van der Waals surface area contributed by atoms with E-state index in [0.29, 0.717) is 17.7 Å². The summed E-state index contributed by atoms with van der Waals surface area (Å²) in [6.07, 6.45) is -2.44. The fourth-order valence-corrected chi connectivity index (χ4v) is 3.96. The van der Waals surface area contributed by atoms with Gasteiger partial charge >= 0.3 is 6.11 Å². The van der Waals surface area contributed by atoms with Gasteiger partial charge in [0.2, 0.25) is 0 Å². The molecule has 0 aromatic heterocycles. The van der Waals surface area contributed by atoms with Gasteiger partial charge in [-0.15, -0.1) is 0 Å². The van der Waals surface area contributed by atoms with Gasteiger partial charge in [-0.2, -0.15) is 8.78 Å². The van der Waals surface area contributed by atoms with Crippen LogP contribution in [0.5, 0.6) is 5.75 Å². The van der Waals surface area contributed by atoms with Crippen molar-refractivity contribution in [2.45, 2.75) is 32.8 Å². The Balaban J connectivity index is 1.60. The Labute approximate surface area is 209 Å². The maximum absolute atomic E-state index is 14.9. The Kier molecular flexibility index (Phi) is 7.30. The highest BCUT2D eigenvalue weighted by Crippen LogP contribution is 2.38. The van der Waals surface area contributed by atoms with Crippen LogP contribution in [0.4, 0.5) is 30.7 Å². The Morgan fingerprint density at radius 2 is 1.30 bits per heavy atom. The number of aryl methyl sites for hydroxylation is 1. The minimum Gasteiger partial charge on any atom is -0.428 e. The molecule has 0 radical (unpaired) electrons. The number of hydrogen-bond donors (Lipinski definition) is 0. The number of halogens is 7. The van der Waals surface area contributed by atoms with Crippen LogP contribution in [0.2, 0.25) is 0 Å². The highest BCUT2D eigenvalue weighted by atomic mass is 19.3. The number of ether oxygens (including phenoxy) is 1. The predicted octanol–water partition coefficient (Wildman–Crippen LogP) is 9.11. The molecule has 0 fully saturated rings. The monoisotopic (exact) mass is 518 g/mol. The molecular weight excluding hydrogens is 497 g/mol. The second-order valence-electron chi connectivity index (χ2n) is 8.56. The van der Waals surface area contributed by atoms with Crippen LogP contribution in [-0.2, 0) is 12.5 Å². The Bertz CT molecular complexity index is 1450. The minimum atomic E-state index is -4.36. The third kappa shape index (κ3) is 5.33. The summed E-state index contributed by atoms with van der Waals surface area (Å²) in [7, 11) is 0. The van der Waals surface area contributed by atoms with E-state index in [1.807, 2.05) is 24.3 Å². The van der Waals surface area contributed by atoms with E-state index >= 15 is 0 Å². The van der Waals surface area contributed by atoms with Crippen molar-refractivity contribution in [2.75, 3.05) is 0 Å². The zero-order valence-corrected chi connectivity index (χ0v) is 19.8. The molecule has 4 rings (SSSR count). The molecule has 0 spiro atoms. The third-order valence-electron chi connectivity index (χ3n) is 5.99. The van der Waals surface area contributed by atoms with Gasteiger partial charge in [-0.3, -0.25) is 0 Å². The van der Waals surface area contributed by atoms with Gasteiger partial charge < -0.3 is 4.74 Å². The molecule has 0 saturated heterocycles. The zero-order valence-electron chi connectivity index (χ0n) is 19.8. The van der Waals surface area contributed by atoms with E-state index in [9.17, 15) is 30.7 Å². The standard InChI is InChI=1S/C29H21F7O/c1-3-4-17-5-7-18(8-6-17)19-9-11-21(23(30)13-19)20-10-12-22(24(31)14-20)29(35,36)37-26-15-25(32)28(34)27(33)16(26)2/h5-15H,3-4H2,1-2H3. The molecule has 0 heterocycles. The molecule has 0 atom stereocenters. The summed E-state index contributed by atoms with van der Waals surface area (Å²) in [5.41, 5.74) is 0.560. The first-order valence-corrected chi connectivity index (χ1v) is 11.4. The second kappa shape index (κ2) is 10.3. The Morgan fingerprint density at radius 3 is 1.92 bits per heavy atom. The largest absolute Gasteiger partial charge is 0.429 e. The minimum absolute atomic E-state index is 0.00514. The molecule has 0 aliphatic carbocycles. The molecule has 37 heavy (non-hydrogen) atoms. The molecule has 0 aliphatic heterocycles. The van der Waals surface area contributed by atoms with E-state index in [4.69, 9.17) is 0 Å². The van der Waals surface area contributed by atoms with Gasteiger partial charge in [-0.25, -0.2) is 22.0 Å². The van der Waals surface area contributed by atoms with Crippen LogP contribution < -0.4 is 4.74 Å². The lowest BCUT2D eigenvalue weighted by atomic mass is 9.97. The first-order chi connectivity index (χ1) is 17.5. The van der Waals surface area contributed by atoms with E-state index in [2.05, 4.69) is 11.7 Å². The highest BCUT2D eigenvalue weighted by Gasteiger charge is 2.39. The molecule has 0 aliphatic rings. The van der Waals surface area contributed by atoms with Crippen molar-refractivity contribution < 1.29 is 35.5 Å². The molecular formula is C29H21F7O. The van der Waals surface area contributed by atoms with Gasteiger partial charge in [0, 0.05) is 17.2 Å². The van der Waals surface area contributed by atoms with E-state index < -0.39 is 52.1 Å². The molecule has 192 valence electrons. The van der Waals surface area contributed by atoms with Crippen LogP contribution in [0, 0.1) is 36.0 Å². The average Bonchev–Trinajstić information content (AvgIpc) is 2.86. The topological polar surface area (TPSA) is 9.23 Å². The zero-order chi connectivity index (χ0) is 26.9. The van der Waals surface area contributed by atoms with Crippen molar-refractivity contribution in [3.8, 4) is 28.0 Å². The summed E-state index contributed by atoms with van der Waals surface area (Å²) in [4.78, 5) is 0. The van der Waals surface area contributed by atoms with Crippen LogP contribution in [0.15, 0.2) is 66.7 Å². The van der Waals surface area contributed by atoms with Crippen molar-refractivity contribution in [3.05, 3.63) is 113 Å². The molecule has 0 N–H and O–H groups in total. The SMILES string of the molecule is CCCc1ccc(-c2ccc(-c3ccc(C(F)(F)Oc4cc(F)c(F)c(F)c4C)c(F)c3)c(F)c2)cc1. The maximum atomic E-state index is 14.9. The van der Waals surface area contributed by atoms with E-state index in [1.54, 1.807) is 6.07 Å². The van der Waals surface area contributed by atoms with Crippen molar-refractivity contribution >= 4 is 0 Å². The molecule has 4 aromatic rings. The first kappa shape index (κ1) is 26.3. The van der Waals surface area contributed by atoms with Gasteiger partial charge in [-0.05, 0) is 53.8 Å². The normalized spacial score (nSPS) is 11.6. The Morgan fingerprint density at radius 1 is 0.676 bits per heavy atom. The Hall–Kier alpha value is -3.81. The van der Waals surface area contributed by atoms with Crippen LogP contribution in [0.3, 0.4) is 0 Å². The number of benzene rings is 4. The number of hydrogen-bond acceptors (Lipinski definition) is 1. The van der Waals surface area contributed by atoms with Crippen molar-refractivity contribution in [1.29, 1.82) is 0 Å². The summed E-state index contributed by atoms with van der Waals surface area (Å²) in [6, 6.07) is 14.7. The molecule has 0 amide bonds. The second-order valence-corrected chi connectivity index (χ2v) is 8.56. The van der Waals surface area contributed by atoms with Gasteiger partial charge in [0.1, 0.15) is 17.4 Å². The highest BCUT2D eigenvalue weighted by molar-refractivity contribution is 5.71. The molecule has 4 aromatic carbocycles. The molecule has 0 bridgehead atoms. The fourth-order valence-electron chi connectivity index (χ4n) is 3.96. The molecule has 0 unspecified atom stereocenters. The van der Waals surface area contributed by atoms with Crippen LogP contribution in [0.1, 0.15) is 30.0 Å². The average molecular weight is 518 g/mol. The number of alkyl halides is 2. The summed E-state index contributed by atoms with van der Waals surface area (Å²) in [5, 5.41) is 0. The smallest absolute Gasteiger partial charge is 0.428 e. The van der Waals surface area contributed by atoms with Crippen LogP contribution in [-0.4, -0.2) is 0 Å². The van der Waals surface area contributed by atoms with Gasteiger partial charge in [-0.1, -0.05) is 55.8 Å². The quantitative estimate of drug-likeness (QED) is 0.175. The molecule has 8 heteroatoms. The number of rotatable bonds is 7. The lowest BCUT2D eigenvalue weighted by Crippen LogP contribution is -2.24. The van der Waals surface area contributed by atoms with Crippen LogP contribution >= 0.6 is 0 Å². The predicted molar refractivity (Wildman–Crippen MR) is 127 cm³/mol. The van der Waals surface area contributed by atoms with Crippen molar-refractivity contribution in [2.24, 2.45) is 0 Å². The summed E-state index contributed by atoms with van der Waals surface area (Å²) in [6.45, 7) is 2.98. The lowest BCUT2D eigenvalue weighted by Gasteiger charge is -2.21. The summed E-state index contributed by atoms with van der Waals surface area (Å²) in [5.74, 6) is -8.38. The first-order valence-electron chi connectivity index (χ1n) is 11.4. The van der Waals surface area contributed by atoms with E-state index in [-0.39, 0.29) is 17.2 Å². The van der Waals surface area contributed by atoms with Crippen molar-refractivity contribution in [3.63, 3.8) is 0 Å². The maximum Gasteiger partial charge on any atom is 0.429 e. The lowest BCUT2D eigenvalue weighted by molar-refractivity contribution is -0.188. The summed E-state index contributed by atoms with van der Waals surface area (Å²) < 4.78 is 104. The molecule has 1 nitrogen and oxygen atoms in total. The van der Waals surface area contributed by atoms with Gasteiger partial charge in [0.15, 0.2) is 17.5 Å². The van der Waals surface area contributed by atoms with Crippen LogP contribution in [0.25, 0.3) is 22.3 Å². The van der Waals surface area contributed by atoms with Gasteiger partial charge in [0.25, 0.3) is 0 Å². The third-order valence-corrected chi connectivity index (χ3v) is 5.99. The van der Waals surface area contributed by atoms with E-state index in [1.165, 1.54) is 12.1 Å². The van der Waals surface area contributed by atoms with Crippen molar-refractivity contribution in [1.82, 2.24) is 0 Å². The van der Waals surface area contributed by atoms with Gasteiger partial charge in [0.05, 0.1) is 5.56 Å².